The lowest BCUT2D eigenvalue weighted by molar-refractivity contribution is 0.448. The van der Waals surface area contributed by atoms with Gasteiger partial charge in [-0.05, 0) is 24.0 Å². The molecule has 1 aromatic rings. The number of hydrazine groups is 1. The summed E-state index contributed by atoms with van der Waals surface area (Å²) in [6.07, 6.45) is 2.11. The molecule has 0 amide bonds. The molecule has 6 N–H and O–H groups in total. The van der Waals surface area contributed by atoms with E-state index in [1.54, 1.807) is 0 Å². The van der Waals surface area contributed by atoms with Crippen molar-refractivity contribution in [3.8, 4) is 0 Å². The van der Waals surface area contributed by atoms with E-state index in [1.165, 1.54) is 11.1 Å². The van der Waals surface area contributed by atoms with Crippen molar-refractivity contribution in [3.05, 3.63) is 35.4 Å². The van der Waals surface area contributed by atoms with Crippen molar-refractivity contribution in [1.82, 2.24) is 10.7 Å². The highest BCUT2D eigenvalue weighted by Crippen LogP contribution is 2.48. The fourth-order valence-corrected chi connectivity index (χ4v) is 2.68. The predicted molar refractivity (Wildman–Crippen MR) is 71.9 cm³/mol. The molecule has 0 spiro atoms. The third kappa shape index (κ3) is 1.67. The van der Waals surface area contributed by atoms with E-state index in [0.717, 1.165) is 25.9 Å². The minimum atomic E-state index is -0.0696. The minimum absolute atomic E-state index is 0.0696. The van der Waals surface area contributed by atoms with Gasteiger partial charge in [-0.3, -0.25) is 0 Å². The van der Waals surface area contributed by atoms with Crippen LogP contribution in [0.25, 0.3) is 0 Å². The second kappa shape index (κ2) is 4.26. The van der Waals surface area contributed by atoms with Crippen LogP contribution in [-0.4, -0.2) is 18.9 Å². The normalized spacial score (nSPS) is 22.4. The summed E-state index contributed by atoms with van der Waals surface area (Å²) in [6.45, 7) is 2.18. The Hall–Kier alpha value is -1.59. The largest absolute Gasteiger partial charge is 0.322 e. The van der Waals surface area contributed by atoms with Gasteiger partial charge in [0.25, 0.3) is 0 Å². The van der Waals surface area contributed by atoms with Gasteiger partial charge >= 0.3 is 0 Å². The minimum Gasteiger partial charge on any atom is -0.322 e. The highest BCUT2D eigenvalue weighted by Gasteiger charge is 2.49. The van der Waals surface area contributed by atoms with Crippen LogP contribution in [0, 0.1) is 0 Å². The maximum Gasteiger partial charge on any atom is 0.146 e. The lowest BCUT2D eigenvalue weighted by atomic mass is 9.89. The highest BCUT2D eigenvalue weighted by molar-refractivity contribution is 5.95. The molecule has 5 heteroatoms. The quantitative estimate of drug-likeness (QED) is 0.264. The fourth-order valence-electron chi connectivity index (χ4n) is 2.68. The maximum atomic E-state index is 5.49. The Balaban J connectivity index is 1.84. The van der Waals surface area contributed by atoms with Crippen LogP contribution in [0.15, 0.2) is 29.4 Å². The molecular formula is C13H19N5. The molecule has 1 saturated heterocycles. The van der Waals surface area contributed by atoms with Gasteiger partial charge in [0.05, 0.1) is 5.41 Å². The van der Waals surface area contributed by atoms with Crippen LogP contribution in [0.4, 0.5) is 0 Å². The number of nitrogens with one attached hydrogen (secondary N) is 2. The van der Waals surface area contributed by atoms with Crippen molar-refractivity contribution in [2.24, 2.45) is 16.8 Å². The Morgan fingerprint density at radius 2 is 1.94 bits per heavy atom. The molecule has 3 rings (SSSR count). The maximum absolute atomic E-state index is 5.49. The number of hydrogen-bond donors (Lipinski definition) is 4. The van der Waals surface area contributed by atoms with Gasteiger partial charge in [0, 0.05) is 19.0 Å². The van der Waals surface area contributed by atoms with Gasteiger partial charge in [-0.1, -0.05) is 24.3 Å². The molecule has 1 heterocycles. The molecule has 2 fully saturated rings. The lowest BCUT2D eigenvalue weighted by Crippen LogP contribution is -2.41. The van der Waals surface area contributed by atoms with Crippen molar-refractivity contribution in [3.63, 3.8) is 0 Å². The Kier molecular flexibility index (Phi) is 2.72. The number of nitrogens with zero attached hydrogens (tertiary/aromatic N) is 1. The van der Waals surface area contributed by atoms with Crippen molar-refractivity contribution in [2.75, 3.05) is 13.1 Å². The van der Waals surface area contributed by atoms with Crippen molar-refractivity contribution >= 4 is 5.84 Å². The lowest BCUT2D eigenvalue weighted by Gasteiger charge is -2.28. The van der Waals surface area contributed by atoms with E-state index in [2.05, 4.69) is 40.1 Å². The number of hydrazone groups is 1. The summed E-state index contributed by atoms with van der Waals surface area (Å²) in [7, 11) is 0. The summed E-state index contributed by atoms with van der Waals surface area (Å²) in [6, 6.07) is 8.80. The molecule has 1 aliphatic carbocycles. The van der Waals surface area contributed by atoms with Crippen molar-refractivity contribution in [1.29, 1.82) is 0 Å². The first-order chi connectivity index (χ1) is 8.80. The second-order valence-corrected chi connectivity index (χ2v) is 5.18. The average molecular weight is 245 g/mol. The summed E-state index contributed by atoms with van der Waals surface area (Å²) < 4.78 is 0. The van der Waals surface area contributed by atoms with Crippen LogP contribution in [0.5, 0.6) is 0 Å². The van der Waals surface area contributed by atoms with Gasteiger partial charge in [-0.2, -0.15) is 5.10 Å². The molecule has 1 aromatic carbocycles. The molecule has 5 nitrogen and oxygen atoms in total. The first-order valence-electron chi connectivity index (χ1n) is 6.36. The fraction of sp³-hybridized carbons (Fsp3) is 0.462. The molecule has 0 bridgehead atoms. The van der Waals surface area contributed by atoms with Crippen LogP contribution in [0.2, 0.25) is 0 Å². The van der Waals surface area contributed by atoms with Crippen LogP contribution >= 0.6 is 0 Å². The van der Waals surface area contributed by atoms with E-state index < -0.39 is 0 Å². The van der Waals surface area contributed by atoms with Crippen molar-refractivity contribution < 1.29 is 0 Å². The predicted octanol–water partition coefficient (Wildman–Crippen LogP) is 0.141. The first-order valence-corrected chi connectivity index (χ1v) is 6.36. The Morgan fingerprint density at radius 3 is 2.33 bits per heavy atom. The third-order valence-electron chi connectivity index (χ3n) is 4.19. The molecule has 0 radical (unpaired) electrons. The van der Waals surface area contributed by atoms with E-state index in [4.69, 9.17) is 11.7 Å². The topological polar surface area (TPSA) is 88.5 Å². The molecule has 18 heavy (non-hydrogen) atoms. The van der Waals surface area contributed by atoms with Crippen LogP contribution in [0.3, 0.4) is 0 Å². The van der Waals surface area contributed by atoms with Crippen LogP contribution in [0.1, 0.15) is 29.9 Å². The zero-order valence-corrected chi connectivity index (χ0v) is 10.3. The van der Waals surface area contributed by atoms with Crippen LogP contribution < -0.4 is 22.4 Å². The number of rotatable bonds is 3. The monoisotopic (exact) mass is 245 g/mol. The zero-order chi connectivity index (χ0) is 12.6. The van der Waals surface area contributed by atoms with Gasteiger partial charge in [0.2, 0.25) is 0 Å². The third-order valence-corrected chi connectivity index (χ3v) is 4.19. The number of hydrogen-bond acceptors (Lipinski definition) is 4. The molecule has 0 unspecified atom stereocenters. The smallest absolute Gasteiger partial charge is 0.146 e. The number of benzene rings is 1. The summed E-state index contributed by atoms with van der Waals surface area (Å²) in [5.41, 5.74) is 5.21. The summed E-state index contributed by atoms with van der Waals surface area (Å²) in [5, 5.41) is 7.06. The van der Waals surface area contributed by atoms with E-state index in [9.17, 15) is 0 Å². The molecule has 0 aromatic heterocycles. The molecule has 1 aliphatic heterocycles. The Bertz CT molecular complexity index is 457. The van der Waals surface area contributed by atoms with Gasteiger partial charge in [-0.15, -0.1) is 0 Å². The molecule has 1 saturated carbocycles. The van der Waals surface area contributed by atoms with Gasteiger partial charge in [0.15, 0.2) is 0 Å². The van der Waals surface area contributed by atoms with E-state index in [0.29, 0.717) is 11.8 Å². The molecule has 2 aliphatic rings. The number of amidine groups is 1. The van der Waals surface area contributed by atoms with E-state index >= 15 is 0 Å². The Morgan fingerprint density at radius 1 is 1.28 bits per heavy atom. The molecular weight excluding hydrogens is 226 g/mol. The summed E-state index contributed by atoms with van der Waals surface area (Å²) in [4.78, 5) is 0. The average Bonchev–Trinajstić information content (AvgIpc) is 3.11. The second-order valence-electron chi connectivity index (χ2n) is 5.18. The molecule has 0 atom stereocenters. The number of nitrogens with two attached hydrogens (primary N) is 2. The first kappa shape index (κ1) is 11.5. The van der Waals surface area contributed by atoms with Gasteiger partial charge < -0.3 is 16.6 Å². The van der Waals surface area contributed by atoms with Crippen LogP contribution in [-0.2, 0) is 5.41 Å². The van der Waals surface area contributed by atoms with Crippen molar-refractivity contribution in [2.45, 2.75) is 24.2 Å². The van der Waals surface area contributed by atoms with Gasteiger partial charge in [0.1, 0.15) is 5.84 Å². The van der Waals surface area contributed by atoms with Gasteiger partial charge in [-0.25, -0.2) is 5.84 Å². The summed E-state index contributed by atoms with van der Waals surface area (Å²) >= 11 is 0. The Labute approximate surface area is 107 Å². The zero-order valence-electron chi connectivity index (χ0n) is 10.3. The standard InChI is InChI=1S/C13H19N5/c14-17-12(18-15)13(5-6-13)11-3-1-9(2-4-11)10-7-16-8-10/h1-4,10,16H,5-8,14-15H2,(H,17,18). The SMILES string of the molecule is N/N=C(\NN)C1(c2ccc(C3CNC3)cc2)CC1. The van der Waals surface area contributed by atoms with E-state index in [-0.39, 0.29) is 5.41 Å². The summed E-state index contributed by atoms with van der Waals surface area (Å²) in [5.74, 6) is 12.2. The molecule has 96 valence electrons. The highest BCUT2D eigenvalue weighted by atomic mass is 15.3. The van der Waals surface area contributed by atoms with E-state index in [1.807, 2.05) is 0 Å².